The van der Waals surface area contributed by atoms with Gasteiger partial charge in [0.1, 0.15) is 5.75 Å². The van der Waals surface area contributed by atoms with Crippen LogP contribution in [0.5, 0.6) is 11.5 Å². The number of nitro benzene ring substituents is 1. The monoisotopic (exact) mass is 321 g/mol. The molecular formula is C15H12ClNO5. The highest BCUT2D eigenvalue weighted by atomic mass is 35.5. The summed E-state index contributed by atoms with van der Waals surface area (Å²) in [6.07, 6.45) is 0. The number of carbonyl (C=O) groups excluding carboxylic acids is 1. The van der Waals surface area contributed by atoms with E-state index in [1.54, 1.807) is 25.1 Å². The molecule has 2 aromatic carbocycles. The van der Waals surface area contributed by atoms with E-state index in [1.165, 1.54) is 19.2 Å². The lowest BCUT2D eigenvalue weighted by Gasteiger charge is -2.08. The van der Waals surface area contributed by atoms with E-state index >= 15 is 0 Å². The number of rotatable bonds is 4. The molecule has 0 aliphatic rings. The molecule has 0 aromatic heterocycles. The first kappa shape index (κ1) is 15.8. The third kappa shape index (κ3) is 3.35. The number of benzene rings is 2. The summed E-state index contributed by atoms with van der Waals surface area (Å²) in [5.41, 5.74) is 0.440. The summed E-state index contributed by atoms with van der Waals surface area (Å²) in [5, 5.41) is 11.5. The first-order valence-electron chi connectivity index (χ1n) is 6.23. The molecule has 0 radical (unpaired) electrons. The van der Waals surface area contributed by atoms with Crippen LogP contribution in [0.15, 0.2) is 36.4 Å². The van der Waals surface area contributed by atoms with Crippen molar-refractivity contribution in [2.24, 2.45) is 0 Å². The number of methoxy groups -OCH3 is 1. The van der Waals surface area contributed by atoms with Crippen LogP contribution in [0.1, 0.15) is 15.9 Å². The number of hydrogen-bond donors (Lipinski definition) is 0. The molecule has 0 aliphatic carbocycles. The van der Waals surface area contributed by atoms with Gasteiger partial charge in [0, 0.05) is 11.1 Å². The zero-order chi connectivity index (χ0) is 16.3. The van der Waals surface area contributed by atoms with E-state index in [1.807, 2.05) is 0 Å². The van der Waals surface area contributed by atoms with E-state index in [9.17, 15) is 14.9 Å². The highest BCUT2D eigenvalue weighted by Crippen LogP contribution is 2.28. The smallest absolute Gasteiger partial charge is 0.343 e. The Morgan fingerprint density at radius 2 is 1.86 bits per heavy atom. The molecule has 7 heteroatoms. The second kappa shape index (κ2) is 6.44. The molecular weight excluding hydrogens is 310 g/mol. The molecule has 6 nitrogen and oxygen atoms in total. The number of carbonyl (C=O) groups is 1. The van der Waals surface area contributed by atoms with Crippen molar-refractivity contribution in [1.29, 1.82) is 0 Å². The standard InChI is InChI=1S/C15H12ClNO5/c1-9-7-11(16)4-6-13(9)22-15(18)10-3-5-14(21-2)12(8-10)17(19)20/h3-8H,1-2H3. The molecule has 0 unspecified atom stereocenters. The summed E-state index contributed by atoms with van der Waals surface area (Å²) in [6, 6.07) is 8.68. The average Bonchev–Trinajstić information content (AvgIpc) is 2.49. The number of nitro groups is 1. The van der Waals surface area contributed by atoms with Crippen molar-refractivity contribution in [3.05, 3.63) is 62.7 Å². The van der Waals surface area contributed by atoms with Gasteiger partial charge in [0.25, 0.3) is 0 Å². The molecule has 0 fully saturated rings. The predicted molar refractivity (Wildman–Crippen MR) is 80.8 cm³/mol. The van der Waals surface area contributed by atoms with Crippen LogP contribution in [-0.2, 0) is 0 Å². The van der Waals surface area contributed by atoms with Crippen LogP contribution < -0.4 is 9.47 Å². The zero-order valence-electron chi connectivity index (χ0n) is 11.8. The van der Waals surface area contributed by atoms with Gasteiger partial charge in [0.05, 0.1) is 17.6 Å². The van der Waals surface area contributed by atoms with Crippen molar-refractivity contribution in [3.63, 3.8) is 0 Å². The zero-order valence-corrected chi connectivity index (χ0v) is 12.6. The van der Waals surface area contributed by atoms with E-state index in [-0.39, 0.29) is 17.0 Å². The minimum absolute atomic E-state index is 0.0573. The summed E-state index contributed by atoms with van der Waals surface area (Å²) in [5.74, 6) is -0.284. The first-order chi connectivity index (χ1) is 10.4. The van der Waals surface area contributed by atoms with E-state index < -0.39 is 10.9 Å². The van der Waals surface area contributed by atoms with Crippen molar-refractivity contribution in [2.45, 2.75) is 6.92 Å². The molecule has 0 spiro atoms. The number of aryl methyl sites for hydroxylation is 1. The van der Waals surface area contributed by atoms with Gasteiger partial charge in [0.2, 0.25) is 0 Å². The lowest BCUT2D eigenvalue weighted by Crippen LogP contribution is -2.10. The number of halogens is 1. The third-order valence-electron chi connectivity index (χ3n) is 2.95. The Hall–Kier alpha value is -2.60. The predicted octanol–water partition coefficient (Wildman–Crippen LogP) is 3.78. The van der Waals surface area contributed by atoms with Crippen LogP contribution in [0.4, 0.5) is 5.69 Å². The Kier molecular flexibility index (Phi) is 4.62. The molecule has 0 bridgehead atoms. The maximum atomic E-state index is 12.1. The van der Waals surface area contributed by atoms with Gasteiger partial charge in [-0.2, -0.15) is 0 Å². The molecule has 2 rings (SSSR count). The maximum Gasteiger partial charge on any atom is 0.343 e. The minimum atomic E-state index is -0.698. The fraction of sp³-hybridized carbons (Fsp3) is 0.133. The maximum absolute atomic E-state index is 12.1. The second-order valence-corrected chi connectivity index (χ2v) is 4.88. The molecule has 0 N–H and O–H groups in total. The van der Waals surface area contributed by atoms with Gasteiger partial charge in [-0.1, -0.05) is 11.6 Å². The molecule has 114 valence electrons. The highest BCUT2D eigenvalue weighted by Gasteiger charge is 2.19. The Labute approximate surface area is 131 Å². The normalized spacial score (nSPS) is 10.1. The summed E-state index contributed by atoms with van der Waals surface area (Å²) in [6.45, 7) is 1.74. The SMILES string of the molecule is COc1ccc(C(=O)Oc2ccc(Cl)cc2C)cc1[N+](=O)[O-]. The summed E-state index contributed by atoms with van der Waals surface area (Å²) in [4.78, 5) is 22.4. The molecule has 0 atom stereocenters. The number of nitrogens with zero attached hydrogens (tertiary/aromatic N) is 1. The van der Waals surface area contributed by atoms with Gasteiger partial charge in [-0.05, 0) is 42.8 Å². The van der Waals surface area contributed by atoms with Gasteiger partial charge >= 0.3 is 11.7 Å². The third-order valence-corrected chi connectivity index (χ3v) is 3.19. The van der Waals surface area contributed by atoms with E-state index in [2.05, 4.69) is 0 Å². The molecule has 0 aliphatic heterocycles. The van der Waals surface area contributed by atoms with Crippen LogP contribution >= 0.6 is 11.6 Å². The van der Waals surface area contributed by atoms with Gasteiger partial charge in [-0.3, -0.25) is 10.1 Å². The molecule has 0 heterocycles. The Morgan fingerprint density at radius 3 is 2.45 bits per heavy atom. The second-order valence-electron chi connectivity index (χ2n) is 4.44. The van der Waals surface area contributed by atoms with Gasteiger partial charge in [0.15, 0.2) is 5.75 Å². The van der Waals surface area contributed by atoms with Crippen LogP contribution in [0.25, 0.3) is 0 Å². The minimum Gasteiger partial charge on any atom is -0.490 e. The van der Waals surface area contributed by atoms with Crippen molar-refractivity contribution in [2.75, 3.05) is 7.11 Å². The molecule has 22 heavy (non-hydrogen) atoms. The van der Waals surface area contributed by atoms with Crippen molar-refractivity contribution < 1.29 is 19.2 Å². The van der Waals surface area contributed by atoms with Gasteiger partial charge < -0.3 is 9.47 Å². The Morgan fingerprint density at radius 1 is 1.18 bits per heavy atom. The van der Waals surface area contributed by atoms with Gasteiger partial charge in [-0.15, -0.1) is 0 Å². The lowest BCUT2D eigenvalue weighted by molar-refractivity contribution is -0.385. The number of ether oxygens (including phenoxy) is 2. The van der Waals surface area contributed by atoms with Crippen LogP contribution in [-0.4, -0.2) is 18.0 Å². The Bertz CT molecular complexity index is 745. The van der Waals surface area contributed by atoms with Gasteiger partial charge in [-0.25, -0.2) is 4.79 Å². The Balaban J connectivity index is 2.30. The van der Waals surface area contributed by atoms with Crippen molar-refractivity contribution >= 4 is 23.3 Å². The van der Waals surface area contributed by atoms with E-state index in [0.717, 1.165) is 6.07 Å². The van der Waals surface area contributed by atoms with Crippen molar-refractivity contribution in [1.82, 2.24) is 0 Å². The van der Waals surface area contributed by atoms with E-state index in [4.69, 9.17) is 21.1 Å². The van der Waals surface area contributed by atoms with Crippen LogP contribution in [0, 0.1) is 17.0 Å². The summed E-state index contributed by atoms with van der Waals surface area (Å²) >= 11 is 5.83. The fourth-order valence-electron chi connectivity index (χ4n) is 1.85. The highest BCUT2D eigenvalue weighted by molar-refractivity contribution is 6.30. The van der Waals surface area contributed by atoms with Crippen molar-refractivity contribution in [3.8, 4) is 11.5 Å². The van der Waals surface area contributed by atoms with E-state index in [0.29, 0.717) is 16.3 Å². The quantitative estimate of drug-likeness (QED) is 0.370. The summed E-state index contributed by atoms with van der Waals surface area (Å²) in [7, 11) is 1.32. The molecule has 2 aromatic rings. The average molecular weight is 322 g/mol. The largest absolute Gasteiger partial charge is 0.490 e. The topological polar surface area (TPSA) is 78.7 Å². The lowest BCUT2D eigenvalue weighted by atomic mass is 10.2. The van der Waals surface area contributed by atoms with Crippen LogP contribution in [0.3, 0.4) is 0 Å². The molecule has 0 saturated carbocycles. The number of hydrogen-bond acceptors (Lipinski definition) is 5. The summed E-state index contributed by atoms with van der Waals surface area (Å²) < 4.78 is 10.1. The number of esters is 1. The first-order valence-corrected chi connectivity index (χ1v) is 6.61. The van der Waals surface area contributed by atoms with Crippen LogP contribution in [0.2, 0.25) is 5.02 Å². The fourth-order valence-corrected chi connectivity index (χ4v) is 2.07. The molecule has 0 saturated heterocycles. The molecule has 0 amide bonds.